The number of halogens is 1. The zero-order valence-corrected chi connectivity index (χ0v) is 15.7. The number of carbonyl (C=O) groups is 1. The highest BCUT2D eigenvalue weighted by molar-refractivity contribution is 5.86. The maximum absolute atomic E-state index is 11.4. The lowest BCUT2D eigenvalue weighted by Gasteiger charge is -2.36. The first kappa shape index (κ1) is 20.9. The van der Waals surface area contributed by atoms with E-state index in [1.165, 1.54) is 7.11 Å². The molecule has 0 atom stereocenters. The molecule has 1 saturated heterocycles. The highest BCUT2D eigenvalue weighted by Gasteiger charge is 2.25. The summed E-state index contributed by atoms with van der Waals surface area (Å²) in [4.78, 5) is 16.0. The van der Waals surface area contributed by atoms with Gasteiger partial charge in [-0.3, -0.25) is 9.80 Å². The molecule has 138 valence electrons. The lowest BCUT2D eigenvalue weighted by molar-refractivity contribution is 0.0157. The molecule has 0 aliphatic carbocycles. The van der Waals surface area contributed by atoms with Crippen molar-refractivity contribution in [2.75, 3.05) is 53.6 Å². The van der Waals surface area contributed by atoms with Gasteiger partial charge < -0.3 is 14.0 Å². The molecule has 7 nitrogen and oxygen atoms in total. The predicted octanol–water partition coefficient (Wildman–Crippen LogP) is 1.67. The lowest BCUT2D eigenvalue weighted by Crippen LogP contribution is -2.45. The predicted molar refractivity (Wildman–Crippen MR) is 92.5 cm³/mol. The van der Waals surface area contributed by atoms with Crippen molar-refractivity contribution in [3.05, 3.63) is 17.5 Å². The van der Waals surface area contributed by atoms with E-state index in [2.05, 4.69) is 33.5 Å². The SMILES string of the molecule is COC(=O)c1cc(CN(C)CC(C)(C)CN2CCOCC2)on1.Cl. The molecule has 24 heavy (non-hydrogen) atoms. The van der Waals surface area contributed by atoms with E-state index in [0.29, 0.717) is 12.3 Å². The van der Waals surface area contributed by atoms with Crippen LogP contribution in [0.2, 0.25) is 0 Å². The van der Waals surface area contributed by atoms with E-state index in [4.69, 9.17) is 9.26 Å². The maximum Gasteiger partial charge on any atom is 0.360 e. The first-order valence-corrected chi connectivity index (χ1v) is 7.92. The third-order valence-electron chi connectivity index (χ3n) is 3.83. The van der Waals surface area contributed by atoms with Crippen molar-refractivity contribution >= 4 is 18.4 Å². The van der Waals surface area contributed by atoms with Crippen molar-refractivity contribution in [3.63, 3.8) is 0 Å². The van der Waals surface area contributed by atoms with Gasteiger partial charge in [-0.25, -0.2) is 4.79 Å². The molecule has 0 amide bonds. The molecular weight excluding hydrogens is 334 g/mol. The average molecular weight is 362 g/mol. The summed E-state index contributed by atoms with van der Waals surface area (Å²) >= 11 is 0. The number of carbonyl (C=O) groups excluding carboxylic acids is 1. The van der Waals surface area contributed by atoms with Crippen molar-refractivity contribution in [3.8, 4) is 0 Å². The summed E-state index contributed by atoms with van der Waals surface area (Å²) in [6, 6.07) is 1.64. The van der Waals surface area contributed by atoms with E-state index in [1.54, 1.807) is 6.07 Å². The zero-order chi connectivity index (χ0) is 16.9. The minimum Gasteiger partial charge on any atom is -0.464 e. The fraction of sp³-hybridized carbons (Fsp3) is 0.750. The molecule has 1 aromatic heterocycles. The first-order valence-electron chi connectivity index (χ1n) is 7.92. The van der Waals surface area contributed by atoms with Gasteiger partial charge in [0, 0.05) is 32.2 Å². The van der Waals surface area contributed by atoms with Crippen LogP contribution in [0.15, 0.2) is 10.6 Å². The van der Waals surface area contributed by atoms with Crippen molar-refractivity contribution in [2.45, 2.75) is 20.4 Å². The Bertz CT molecular complexity index is 515. The normalized spacial score (nSPS) is 16.0. The van der Waals surface area contributed by atoms with Gasteiger partial charge in [0.05, 0.1) is 26.9 Å². The van der Waals surface area contributed by atoms with Gasteiger partial charge in [-0.1, -0.05) is 19.0 Å². The molecule has 0 saturated carbocycles. The molecule has 1 aliphatic rings. The molecule has 0 bridgehead atoms. The van der Waals surface area contributed by atoms with Crippen molar-refractivity contribution < 1.29 is 18.8 Å². The van der Waals surface area contributed by atoms with Gasteiger partial charge in [0.25, 0.3) is 0 Å². The van der Waals surface area contributed by atoms with Gasteiger partial charge in [0.15, 0.2) is 11.5 Å². The Morgan fingerprint density at radius 1 is 1.42 bits per heavy atom. The molecule has 2 heterocycles. The Labute approximate surface area is 149 Å². The van der Waals surface area contributed by atoms with Crippen LogP contribution < -0.4 is 0 Å². The number of esters is 1. The highest BCUT2D eigenvalue weighted by atomic mass is 35.5. The van der Waals surface area contributed by atoms with Crippen LogP contribution in [0.25, 0.3) is 0 Å². The topological polar surface area (TPSA) is 68.0 Å². The molecule has 0 spiro atoms. The number of ether oxygens (including phenoxy) is 2. The lowest BCUT2D eigenvalue weighted by atomic mass is 9.91. The summed E-state index contributed by atoms with van der Waals surface area (Å²) < 4.78 is 15.2. The van der Waals surface area contributed by atoms with Crippen LogP contribution in [-0.2, 0) is 16.0 Å². The first-order chi connectivity index (χ1) is 10.9. The number of methoxy groups -OCH3 is 1. The fourth-order valence-electron chi connectivity index (χ4n) is 3.06. The van der Waals surface area contributed by atoms with Crippen molar-refractivity contribution in [2.24, 2.45) is 5.41 Å². The van der Waals surface area contributed by atoms with E-state index in [0.717, 1.165) is 39.4 Å². The monoisotopic (exact) mass is 361 g/mol. The van der Waals surface area contributed by atoms with E-state index in [-0.39, 0.29) is 23.5 Å². The van der Waals surface area contributed by atoms with Crippen LogP contribution in [0.4, 0.5) is 0 Å². The Hall–Kier alpha value is -1.15. The summed E-state index contributed by atoms with van der Waals surface area (Å²) in [7, 11) is 3.37. The number of hydrogen-bond acceptors (Lipinski definition) is 7. The molecule has 1 fully saturated rings. The number of rotatable bonds is 7. The van der Waals surface area contributed by atoms with Gasteiger partial charge in [0.2, 0.25) is 0 Å². The second-order valence-electron chi connectivity index (χ2n) is 6.90. The molecular formula is C16H28ClN3O4. The van der Waals surface area contributed by atoms with Crippen LogP contribution >= 0.6 is 12.4 Å². The quantitative estimate of drug-likeness (QED) is 0.684. The molecule has 1 aliphatic heterocycles. The molecule has 0 aromatic carbocycles. The standard InChI is InChI=1S/C16H27N3O4.ClH/c1-16(2,12-19-5-7-22-8-6-19)11-18(3)10-13-9-14(17-23-13)15(20)21-4;/h9H,5-8,10-12H2,1-4H3;1H. The minimum atomic E-state index is -0.477. The summed E-state index contributed by atoms with van der Waals surface area (Å²) in [6.07, 6.45) is 0. The molecule has 8 heteroatoms. The Morgan fingerprint density at radius 2 is 2.08 bits per heavy atom. The number of aromatic nitrogens is 1. The van der Waals surface area contributed by atoms with Crippen LogP contribution in [-0.4, -0.2) is 74.5 Å². The molecule has 1 aromatic rings. The number of nitrogens with zero attached hydrogens (tertiary/aromatic N) is 3. The molecule has 0 N–H and O–H groups in total. The van der Waals surface area contributed by atoms with Gasteiger partial charge in [-0.05, 0) is 12.5 Å². The second kappa shape index (κ2) is 9.36. The van der Waals surface area contributed by atoms with Crippen molar-refractivity contribution in [1.82, 2.24) is 15.0 Å². The van der Waals surface area contributed by atoms with E-state index < -0.39 is 5.97 Å². The summed E-state index contributed by atoms with van der Waals surface area (Å²) in [5, 5.41) is 3.73. The molecule has 2 rings (SSSR count). The van der Waals surface area contributed by atoms with E-state index in [9.17, 15) is 4.79 Å². The molecule has 0 unspecified atom stereocenters. The summed E-state index contributed by atoms with van der Waals surface area (Å²) in [5.74, 6) is 0.186. The van der Waals surface area contributed by atoms with Crippen LogP contribution in [0.5, 0.6) is 0 Å². The van der Waals surface area contributed by atoms with Crippen LogP contribution in [0, 0.1) is 5.41 Å². The number of morpholine rings is 1. The smallest absolute Gasteiger partial charge is 0.360 e. The largest absolute Gasteiger partial charge is 0.464 e. The minimum absolute atomic E-state index is 0. The maximum atomic E-state index is 11.4. The highest BCUT2D eigenvalue weighted by Crippen LogP contribution is 2.20. The summed E-state index contributed by atoms with van der Waals surface area (Å²) in [6.45, 7) is 10.7. The Kier molecular flexibility index (Phi) is 8.15. The van der Waals surface area contributed by atoms with Gasteiger partial charge in [-0.15, -0.1) is 12.4 Å². The Morgan fingerprint density at radius 3 is 2.71 bits per heavy atom. The van der Waals surface area contributed by atoms with Crippen LogP contribution in [0.1, 0.15) is 30.1 Å². The third-order valence-corrected chi connectivity index (χ3v) is 3.83. The Balaban J connectivity index is 0.00000288. The van der Waals surface area contributed by atoms with E-state index >= 15 is 0 Å². The summed E-state index contributed by atoms with van der Waals surface area (Å²) in [5.41, 5.74) is 0.362. The number of hydrogen-bond donors (Lipinski definition) is 0. The molecule has 0 radical (unpaired) electrons. The van der Waals surface area contributed by atoms with Crippen LogP contribution in [0.3, 0.4) is 0 Å². The van der Waals surface area contributed by atoms with Gasteiger partial charge in [-0.2, -0.15) is 0 Å². The van der Waals surface area contributed by atoms with Gasteiger partial charge >= 0.3 is 5.97 Å². The van der Waals surface area contributed by atoms with E-state index in [1.807, 2.05) is 7.05 Å². The van der Waals surface area contributed by atoms with Gasteiger partial charge in [0.1, 0.15) is 0 Å². The fourth-order valence-corrected chi connectivity index (χ4v) is 3.06. The zero-order valence-electron chi connectivity index (χ0n) is 14.9. The second-order valence-corrected chi connectivity index (χ2v) is 6.90. The third kappa shape index (κ3) is 6.39. The van der Waals surface area contributed by atoms with Crippen molar-refractivity contribution in [1.29, 1.82) is 0 Å². The average Bonchev–Trinajstić information content (AvgIpc) is 2.94.